The second-order valence-electron chi connectivity index (χ2n) is 8.77. The molecule has 178 valence electrons. The van der Waals surface area contributed by atoms with E-state index in [0.717, 1.165) is 16.5 Å². The molecule has 0 fully saturated rings. The van der Waals surface area contributed by atoms with Gasteiger partial charge in [0.1, 0.15) is 11.6 Å². The van der Waals surface area contributed by atoms with E-state index in [2.05, 4.69) is 4.98 Å². The summed E-state index contributed by atoms with van der Waals surface area (Å²) >= 11 is 0. The summed E-state index contributed by atoms with van der Waals surface area (Å²) in [5, 5.41) is 0.962. The SMILES string of the molecule is COc1ccc(F)cc1C(C)(CCc1ccnc2ccccc12)CC(CCCN)C(F)(F)F. The molecule has 1 heterocycles. The van der Waals surface area contributed by atoms with Crippen LogP contribution in [-0.4, -0.2) is 24.8 Å². The fourth-order valence-electron chi connectivity index (χ4n) is 4.57. The molecule has 0 radical (unpaired) electrons. The van der Waals surface area contributed by atoms with Crippen molar-refractivity contribution in [1.29, 1.82) is 0 Å². The zero-order chi connectivity index (χ0) is 24.1. The van der Waals surface area contributed by atoms with Gasteiger partial charge in [0.2, 0.25) is 0 Å². The number of rotatable bonds is 10. The van der Waals surface area contributed by atoms with Gasteiger partial charge in [-0.1, -0.05) is 25.1 Å². The van der Waals surface area contributed by atoms with Gasteiger partial charge in [-0.2, -0.15) is 13.2 Å². The first-order valence-corrected chi connectivity index (χ1v) is 11.1. The maximum Gasteiger partial charge on any atom is 0.391 e. The monoisotopic (exact) mass is 462 g/mol. The number of nitrogens with zero attached hydrogens (tertiary/aromatic N) is 1. The van der Waals surface area contributed by atoms with Crippen molar-refractivity contribution in [3.05, 3.63) is 71.7 Å². The molecule has 0 amide bonds. The first kappa shape index (κ1) is 25.0. The molecule has 3 rings (SSSR count). The van der Waals surface area contributed by atoms with Gasteiger partial charge in [-0.15, -0.1) is 0 Å². The lowest BCUT2D eigenvalue weighted by Gasteiger charge is -2.36. The first-order valence-electron chi connectivity index (χ1n) is 11.1. The Labute approximate surface area is 192 Å². The number of ether oxygens (including phenoxy) is 1. The Morgan fingerprint density at radius 1 is 1.09 bits per heavy atom. The summed E-state index contributed by atoms with van der Waals surface area (Å²) in [6.45, 7) is 1.96. The molecular weight excluding hydrogens is 432 g/mol. The van der Waals surface area contributed by atoms with E-state index >= 15 is 0 Å². The number of alkyl halides is 3. The molecule has 1 aromatic heterocycles. The van der Waals surface area contributed by atoms with Crippen LogP contribution in [-0.2, 0) is 11.8 Å². The maximum atomic E-state index is 14.3. The zero-order valence-electron chi connectivity index (χ0n) is 19.0. The van der Waals surface area contributed by atoms with Crippen molar-refractivity contribution < 1.29 is 22.3 Å². The molecule has 0 spiro atoms. The number of hydrogen-bond acceptors (Lipinski definition) is 3. The molecule has 0 bridgehead atoms. The summed E-state index contributed by atoms with van der Waals surface area (Å²) in [6, 6.07) is 13.6. The Balaban J connectivity index is 2.02. The van der Waals surface area contributed by atoms with E-state index in [-0.39, 0.29) is 25.8 Å². The Morgan fingerprint density at radius 3 is 2.55 bits per heavy atom. The highest BCUT2D eigenvalue weighted by molar-refractivity contribution is 5.81. The van der Waals surface area contributed by atoms with Crippen LogP contribution in [0.25, 0.3) is 10.9 Å². The third-order valence-corrected chi connectivity index (χ3v) is 6.41. The average molecular weight is 463 g/mol. The van der Waals surface area contributed by atoms with Crippen LogP contribution in [0.2, 0.25) is 0 Å². The Hall–Kier alpha value is -2.67. The Kier molecular flexibility index (Phi) is 7.95. The number of fused-ring (bicyclic) bond motifs is 1. The Bertz CT molecular complexity index is 1060. The van der Waals surface area contributed by atoms with Crippen LogP contribution in [0.4, 0.5) is 17.6 Å². The minimum atomic E-state index is -4.37. The normalized spacial score (nSPS) is 14.8. The summed E-state index contributed by atoms with van der Waals surface area (Å²) in [5.74, 6) is -1.66. The van der Waals surface area contributed by atoms with Crippen molar-refractivity contribution in [1.82, 2.24) is 4.98 Å². The average Bonchev–Trinajstić information content (AvgIpc) is 2.79. The van der Waals surface area contributed by atoms with Gasteiger partial charge < -0.3 is 10.5 Å². The molecule has 0 aliphatic rings. The molecule has 3 nitrogen and oxygen atoms in total. The fourth-order valence-corrected chi connectivity index (χ4v) is 4.57. The van der Waals surface area contributed by atoms with Gasteiger partial charge in [0.15, 0.2) is 0 Å². The number of aromatic nitrogens is 1. The van der Waals surface area contributed by atoms with Gasteiger partial charge in [-0.05, 0) is 80.0 Å². The van der Waals surface area contributed by atoms with Crippen LogP contribution < -0.4 is 10.5 Å². The van der Waals surface area contributed by atoms with Crippen LogP contribution in [0.15, 0.2) is 54.7 Å². The summed E-state index contributed by atoms with van der Waals surface area (Å²) < 4.78 is 61.6. The molecule has 0 aliphatic carbocycles. The third kappa shape index (κ3) is 6.02. The van der Waals surface area contributed by atoms with E-state index < -0.39 is 23.3 Å². The van der Waals surface area contributed by atoms with Gasteiger partial charge in [0.05, 0.1) is 18.5 Å². The van der Waals surface area contributed by atoms with Crippen molar-refractivity contribution in [2.45, 2.75) is 50.6 Å². The highest BCUT2D eigenvalue weighted by Gasteiger charge is 2.44. The van der Waals surface area contributed by atoms with Gasteiger partial charge >= 0.3 is 6.18 Å². The number of para-hydroxylation sites is 1. The maximum absolute atomic E-state index is 14.3. The molecule has 0 saturated carbocycles. The molecule has 2 atom stereocenters. The minimum Gasteiger partial charge on any atom is -0.496 e. The van der Waals surface area contributed by atoms with E-state index in [0.29, 0.717) is 24.2 Å². The van der Waals surface area contributed by atoms with E-state index in [4.69, 9.17) is 10.5 Å². The number of pyridine rings is 1. The lowest BCUT2D eigenvalue weighted by Crippen LogP contribution is -2.34. The molecular formula is C26H30F4N2O. The van der Waals surface area contributed by atoms with E-state index in [1.807, 2.05) is 30.3 Å². The molecule has 2 unspecified atom stereocenters. The predicted molar refractivity (Wildman–Crippen MR) is 123 cm³/mol. The smallest absolute Gasteiger partial charge is 0.391 e. The number of nitrogens with two attached hydrogens (primary N) is 1. The number of benzene rings is 2. The van der Waals surface area contributed by atoms with E-state index in [9.17, 15) is 17.6 Å². The number of hydrogen-bond donors (Lipinski definition) is 1. The molecule has 2 aromatic carbocycles. The number of halogens is 4. The van der Waals surface area contributed by atoms with Crippen molar-refractivity contribution >= 4 is 10.9 Å². The lowest BCUT2D eigenvalue weighted by molar-refractivity contribution is -0.182. The standard InChI is InChI=1S/C26H30F4N2O/c1-25(17-19(6-5-14-31)26(28,29)30,22-16-20(27)9-10-24(22)33-2)13-11-18-12-15-32-23-8-4-3-7-21(18)23/h3-4,7-10,12,15-16,19H,5-6,11,13-14,17,31H2,1-2H3. The largest absolute Gasteiger partial charge is 0.496 e. The second-order valence-corrected chi connectivity index (χ2v) is 8.77. The zero-order valence-corrected chi connectivity index (χ0v) is 19.0. The topological polar surface area (TPSA) is 48.1 Å². The first-order chi connectivity index (χ1) is 15.7. The third-order valence-electron chi connectivity index (χ3n) is 6.41. The van der Waals surface area contributed by atoms with Crippen molar-refractivity contribution in [2.75, 3.05) is 13.7 Å². The second kappa shape index (κ2) is 10.5. The summed E-state index contributed by atoms with van der Waals surface area (Å²) in [6.07, 6.45) is -1.74. The van der Waals surface area contributed by atoms with Gasteiger partial charge in [-0.25, -0.2) is 4.39 Å². The van der Waals surface area contributed by atoms with Crippen LogP contribution in [0, 0.1) is 11.7 Å². The molecule has 33 heavy (non-hydrogen) atoms. The van der Waals surface area contributed by atoms with Crippen LogP contribution in [0.5, 0.6) is 5.75 Å². The van der Waals surface area contributed by atoms with E-state index in [1.54, 1.807) is 13.1 Å². The molecule has 0 saturated heterocycles. The summed E-state index contributed by atoms with van der Waals surface area (Å²) in [5.41, 5.74) is 6.80. The van der Waals surface area contributed by atoms with Crippen molar-refractivity contribution in [3.63, 3.8) is 0 Å². The highest BCUT2D eigenvalue weighted by Crippen LogP contribution is 2.45. The van der Waals surface area contributed by atoms with E-state index in [1.165, 1.54) is 25.3 Å². The molecule has 3 aromatic rings. The van der Waals surface area contributed by atoms with Gasteiger partial charge in [0.25, 0.3) is 0 Å². The van der Waals surface area contributed by atoms with Crippen molar-refractivity contribution in [2.24, 2.45) is 11.7 Å². The lowest BCUT2D eigenvalue weighted by atomic mass is 9.70. The molecule has 7 heteroatoms. The van der Waals surface area contributed by atoms with Gasteiger partial charge in [0, 0.05) is 17.1 Å². The van der Waals surface area contributed by atoms with Gasteiger partial charge in [-0.3, -0.25) is 4.98 Å². The number of methoxy groups -OCH3 is 1. The highest BCUT2D eigenvalue weighted by atomic mass is 19.4. The molecule has 2 N–H and O–H groups in total. The van der Waals surface area contributed by atoms with Crippen LogP contribution >= 0.6 is 0 Å². The van der Waals surface area contributed by atoms with Crippen LogP contribution in [0.3, 0.4) is 0 Å². The Morgan fingerprint density at radius 2 is 1.85 bits per heavy atom. The van der Waals surface area contributed by atoms with Crippen molar-refractivity contribution in [3.8, 4) is 5.75 Å². The predicted octanol–water partition coefficient (Wildman–Crippen LogP) is 6.58. The number of aryl methyl sites for hydroxylation is 1. The minimum absolute atomic E-state index is 0.0641. The fraction of sp³-hybridized carbons (Fsp3) is 0.423. The summed E-state index contributed by atoms with van der Waals surface area (Å²) in [7, 11) is 1.45. The van der Waals surface area contributed by atoms with Crippen LogP contribution in [0.1, 0.15) is 43.7 Å². The molecule has 0 aliphatic heterocycles. The summed E-state index contributed by atoms with van der Waals surface area (Å²) in [4.78, 5) is 4.37. The quantitative estimate of drug-likeness (QED) is 0.346.